The lowest BCUT2D eigenvalue weighted by Crippen LogP contribution is -2.29. The molecular formula is C18H42N2O2. The number of unbranched alkanes of at least 4 members (excludes halogenated alkanes) is 6. The van der Waals surface area contributed by atoms with Gasteiger partial charge in [0.05, 0.1) is 0 Å². The van der Waals surface area contributed by atoms with E-state index in [2.05, 4.69) is 19.2 Å². The van der Waals surface area contributed by atoms with Gasteiger partial charge in [-0.3, -0.25) is 0 Å². The third kappa shape index (κ3) is 17.9. The predicted molar refractivity (Wildman–Crippen MR) is 97.2 cm³/mol. The topological polar surface area (TPSA) is 56.5 Å². The minimum absolute atomic E-state index is 0.372. The van der Waals surface area contributed by atoms with Crippen molar-refractivity contribution in [2.24, 2.45) is 5.73 Å². The van der Waals surface area contributed by atoms with Gasteiger partial charge in [0.2, 0.25) is 0 Å². The Morgan fingerprint density at radius 3 is 1.82 bits per heavy atom. The van der Waals surface area contributed by atoms with Crippen molar-refractivity contribution < 1.29 is 9.47 Å². The molecule has 0 fully saturated rings. The first-order valence-corrected chi connectivity index (χ1v) is 9.11. The van der Waals surface area contributed by atoms with Gasteiger partial charge < -0.3 is 20.5 Å². The Bertz CT molecular complexity index is 194. The number of hydrogen-bond acceptors (Lipinski definition) is 4. The zero-order chi connectivity index (χ0) is 17.1. The molecule has 4 nitrogen and oxygen atoms in total. The summed E-state index contributed by atoms with van der Waals surface area (Å²) in [6.07, 6.45) is 11.5. The Morgan fingerprint density at radius 1 is 0.818 bits per heavy atom. The van der Waals surface area contributed by atoms with Crippen LogP contribution < -0.4 is 11.1 Å². The van der Waals surface area contributed by atoms with E-state index in [1.807, 2.05) is 6.92 Å². The normalized spacial score (nSPS) is 11.2. The number of rotatable bonds is 14. The van der Waals surface area contributed by atoms with Crippen LogP contribution in [0.4, 0.5) is 0 Å². The molecule has 0 aliphatic heterocycles. The molecule has 0 aromatic heterocycles. The first-order valence-electron chi connectivity index (χ1n) is 9.11. The van der Waals surface area contributed by atoms with Gasteiger partial charge in [0.25, 0.3) is 0 Å². The number of ether oxygens (including phenoxy) is 2. The van der Waals surface area contributed by atoms with Gasteiger partial charge in [-0.25, -0.2) is 0 Å². The molecule has 0 aliphatic carbocycles. The van der Waals surface area contributed by atoms with E-state index >= 15 is 0 Å². The molecule has 0 radical (unpaired) electrons. The van der Waals surface area contributed by atoms with Crippen molar-refractivity contribution in [2.45, 2.75) is 84.3 Å². The average molecular weight is 319 g/mol. The Hall–Kier alpha value is -0.160. The fourth-order valence-corrected chi connectivity index (χ4v) is 2.09. The summed E-state index contributed by atoms with van der Waals surface area (Å²) in [7, 11) is 3.43. The van der Waals surface area contributed by atoms with Crippen LogP contribution >= 0.6 is 0 Å². The summed E-state index contributed by atoms with van der Waals surface area (Å²) in [4.78, 5) is 0. The average Bonchev–Trinajstić information content (AvgIpc) is 2.55. The van der Waals surface area contributed by atoms with Crippen LogP contribution in [0, 0.1) is 0 Å². The smallest absolute Gasteiger partial charge is 0.164 e. The van der Waals surface area contributed by atoms with Gasteiger partial charge in [-0.05, 0) is 26.3 Å². The minimum Gasteiger partial charge on any atom is -0.353 e. The highest BCUT2D eigenvalue weighted by Gasteiger charge is 2.21. The van der Waals surface area contributed by atoms with Crippen molar-refractivity contribution in [2.75, 3.05) is 33.9 Å². The zero-order valence-electron chi connectivity index (χ0n) is 15.9. The summed E-state index contributed by atoms with van der Waals surface area (Å²) >= 11 is 0. The van der Waals surface area contributed by atoms with Crippen LogP contribution in [0.5, 0.6) is 0 Å². The van der Waals surface area contributed by atoms with E-state index in [0.29, 0.717) is 0 Å². The van der Waals surface area contributed by atoms with Gasteiger partial charge in [0, 0.05) is 33.7 Å². The summed E-state index contributed by atoms with van der Waals surface area (Å²) in [5, 5.41) is 3.16. The van der Waals surface area contributed by atoms with E-state index in [1.165, 1.54) is 51.4 Å². The fraction of sp³-hybridized carbons (Fsp3) is 1.00. The third-order valence-electron chi connectivity index (χ3n) is 3.85. The molecule has 0 amide bonds. The largest absolute Gasteiger partial charge is 0.353 e. The Balaban J connectivity index is 0. The molecule has 0 unspecified atom stereocenters. The van der Waals surface area contributed by atoms with Crippen LogP contribution in [0.25, 0.3) is 0 Å². The summed E-state index contributed by atoms with van der Waals surface area (Å²) in [6.45, 7) is 9.20. The molecule has 0 saturated carbocycles. The molecule has 0 atom stereocenters. The zero-order valence-corrected chi connectivity index (χ0v) is 15.9. The van der Waals surface area contributed by atoms with Crippen molar-refractivity contribution >= 4 is 0 Å². The second-order valence-corrected chi connectivity index (χ2v) is 5.95. The van der Waals surface area contributed by atoms with Crippen LogP contribution in [0.2, 0.25) is 0 Å². The number of methoxy groups -OCH3 is 2. The van der Waals surface area contributed by atoms with Crippen LogP contribution in [0.15, 0.2) is 0 Å². The maximum Gasteiger partial charge on any atom is 0.164 e. The van der Waals surface area contributed by atoms with E-state index in [1.54, 1.807) is 14.2 Å². The van der Waals surface area contributed by atoms with Gasteiger partial charge in [0.15, 0.2) is 5.79 Å². The molecule has 0 spiro atoms. The molecule has 0 aromatic rings. The van der Waals surface area contributed by atoms with Gasteiger partial charge in [-0.2, -0.15) is 0 Å². The molecular weight excluding hydrogens is 276 g/mol. The standard InChI is InChI=1S/C13H28O2.C5H14N2/c1-5-6-7-8-9-10-11-12-13(2,14-3)15-4;1-2-4-7-5-3-6/h5-12H2,1-4H3;7H,2-6H2,1H3. The maximum atomic E-state index is 5.31. The summed E-state index contributed by atoms with van der Waals surface area (Å²) in [5.74, 6) is -0.372. The van der Waals surface area contributed by atoms with Crippen molar-refractivity contribution in [3.8, 4) is 0 Å². The van der Waals surface area contributed by atoms with E-state index in [9.17, 15) is 0 Å². The van der Waals surface area contributed by atoms with E-state index in [0.717, 1.165) is 26.1 Å². The molecule has 136 valence electrons. The lowest BCUT2D eigenvalue weighted by Gasteiger charge is -2.26. The van der Waals surface area contributed by atoms with Gasteiger partial charge in [-0.1, -0.05) is 52.4 Å². The highest BCUT2D eigenvalue weighted by molar-refractivity contribution is 4.61. The third-order valence-corrected chi connectivity index (χ3v) is 3.85. The molecule has 0 aliphatic rings. The Kier molecular flexibility index (Phi) is 20.7. The minimum atomic E-state index is -0.372. The highest BCUT2D eigenvalue weighted by atomic mass is 16.7. The molecule has 4 heteroatoms. The Morgan fingerprint density at radius 2 is 1.36 bits per heavy atom. The summed E-state index contributed by atoms with van der Waals surface area (Å²) < 4.78 is 10.6. The molecule has 0 rings (SSSR count). The summed E-state index contributed by atoms with van der Waals surface area (Å²) in [6, 6.07) is 0. The van der Waals surface area contributed by atoms with Crippen LogP contribution in [0.3, 0.4) is 0 Å². The quantitative estimate of drug-likeness (QED) is 0.374. The van der Waals surface area contributed by atoms with E-state index < -0.39 is 0 Å². The summed E-state index contributed by atoms with van der Waals surface area (Å²) in [5.41, 5.74) is 5.21. The second kappa shape index (κ2) is 18.9. The van der Waals surface area contributed by atoms with Crippen molar-refractivity contribution in [3.05, 3.63) is 0 Å². The molecule has 0 heterocycles. The van der Waals surface area contributed by atoms with Gasteiger partial charge in [0.1, 0.15) is 0 Å². The molecule has 3 N–H and O–H groups in total. The Labute approximate surface area is 139 Å². The van der Waals surface area contributed by atoms with Crippen LogP contribution in [-0.4, -0.2) is 39.6 Å². The first kappa shape index (κ1) is 24.1. The van der Waals surface area contributed by atoms with E-state index in [4.69, 9.17) is 15.2 Å². The maximum absolute atomic E-state index is 5.31. The van der Waals surface area contributed by atoms with Gasteiger partial charge in [-0.15, -0.1) is 0 Å². The monoisotopic (exact) mass is 318 g/mol. The molecule has 0 saturated heterocycles. The molecule has 22 heavy (non-hydrogen) atoms. The number of nitrogens with one attached hydrogen (secondary N) is 1. The van der Waals surface area contributed by atoms with Crippen molar-refractivity contribution in [3.63, 3.8) is 0 Å². The number of hydrogen-bond donors (Lipinski definition) is 2. The van der Waals surface area contributed by atoms with Crippen molar-refractivity contribution in [1.29, 1.82) is 0 Å². The van der Waals surface area contributed by atoms with Gasteiger partial charge >= 0.3 is 0 Å². The SMILES string of the molecule is CCCCCCCCCC(C)(OC)OC.CCCNCCN. The first-order chi connectivity index (χ1) is 10.6. The lowest BCUT2D eigenvalue weighted by molar-refractivity contribution is -0.197. The van der Waals surface area contributed by atoms with Crippen molar-refractivity contribution in [1.82, 2.24) is 5.32 Å². The highest BCUT2D eigenvalue weighted by Crippen LogP contribution is 2.19. The molecule has 0 aromatic carbocycles. The fourth-order valence-electron chi connectivity index (χ4n) is 2.09. The van der Waals surface area contributed by atoms with E-state index in [-0.39, 0.29) is 5.79 Å². The number of nitrogens with two attached hydrogens (primary N) is 1. The predicted octanol–water partition coefficient (Wildman–Crippen LogP) is 4.08. The van der Waals surface area contributed by atoms with Crippen LogP contribution in [0.1, 0.15) is 78.6 Å². The van der Waals surface area contributed by atoms with Crippen LogP contribution in [-0.2, 0) is 9.47 Å². The second-order valence-electron chi connectivity index (χ2n) is 5.95. The molecule has 0 bridgehead atoms. The lowest BCUT2D eigenvalue weighted by atomic mass is 10.1.